The van der Waals surface area contributed by atoms with Gasteiger partial charge in [-0.3, -0.25) is 4.79 Å². The zero-order valence-electron chi connectivity index (χ0n) is 8.22. The summed E-state index contributed by atoms with van der Waals surface area (Å²) in [4.78, 5) is 11.5. The maximum absolute atomic E-state index is 12.6. The summed E-state index contributed by atoms with van der Waals surface area (Å²) in [5.41, 5.74) is 0. The lowest BCUT2D eigenvalue weighted by atomic mass is 9.95. The molecule has 2 heterocycles. The van der Waals surface area contributed by atoms with Crippen molar-refractivity contribution in [1.82, 2.24) is 0 Å². The Balaban J connectivity index is 2.16. The van der Waals surface area contributed by atoms with Crippen molar-refractivity contribution < 1.29 is 18.0 Å². The second-order valence-electron chi connectivity index (χ2n) is 4.31. The highest BCUT2D eigenvalue weighted by molar-refractivity contribution is 8.00. The summed E-state index contributed by atoms with van der Waals surface area (Å²) in [6, 6.07) is 0. The first kappa shape index (κ1) is 11.3. The molecule has 0 N–H and O–H groups in total. The van der Waals surface area contributed by atoms with Crippen LogP contribution in [0.5, 0.6) is 0 Å². The Bertz CT molecular complexity index is 264. The molecule has 2 saturated heterocycles. The van der Waals surface area contributed by atoms with Gasteiger partial charge in [-0.15, -0.1) is 0 Å². The number of carbonyl (C=O) groups excluding carboxylic acids is 1. The van der Waals surface area contributed by atoms with Crippen molar-refractivity contribution in [2.24, 2.45) is 5.92 Å². The molecule has 0 aromatic rings. The van der Waals surface area contributed by atoms with Gasteiger partial charge in [-0.25, -0.2) is 0 Å². The number of fused-ring (bicyclic) bond motifs is 2. The van der Waals surface area contributed by atoms with Gasteiger partial charge in [0.15, 0.2) is 0 Å². The molecule has 15 heavy (non-hydrogen) atoms. The van der Waals surface area contributed by atoms with Gasteiger partial charge in [0, 0.05) is 16.9 Å². The van der Waals surface area contributed by atoms with Gasteiger partial charge in [0.25, 0.3) is 0 Å². The van der Waals surface area contributed by atoms with E-state index in [1.54, 1.807) is 11.8 Å². The van der Waals surface area contributed by atoms with Crippen LogP contribution in [-0.2, 0) is 4.79 Å². The third-order valence-electron chi connectivity index (χ3n) is 3.15. The third-order valence-corrected chi connectivity index (χ3v) is 4.75. The molecule has 0 spiro atoms. The average Bonchev–Trinajstić information content (AvgIpc) is 2.22. The number of thioether (sulfide) groups is 1. The van der Waals surface area contributed by atoms with E-state index in [-0.39, 0.29) is 23.3 Å². The molecular formula is C10H13F3OS. The maximum atomic E-state index is 12.6. The van der Waals surface area contributed by atoms with Gasteiger partial charge < -0.3 is 0 Å². The fraction of sp³-hybridized carbons (Fsp3) is 0.900. The summed E-state index contributed by atoms with van der Waals surface area (Å²) in [5.74, 6) is -2.29. The Kier molecular flexibility index (Phi) is 3.01. The van der Waals surface area contributed by atoms with Crippen molar-refractivity contribution in [1.29, 1.82) is 0 Å². The molecule has 5 heteroatoms. The first-order valence-corrected chi connectivity index (χ1v) is 6.16. The van der Waals surface area contributed by atoms with E-state index in [0.717, 1.165) is 19.3 Å². The SMILES string of the molecule is O=C1CC2CCCC(CC1C(F)(F)F)S2. The topological polar surface area (TPSA) is 17.1 Å². The van der Waals surface area contributed by atoms with Crippen LogP contribution in [0.4, 0.5) is 13.2 Å². The van der Waals surface area contributed by atoms with E-state index >= 15 is 0 Å². The first-order chi connectivity index (χ1) is 6.97. The van der Waals surface area contributed by atoms with Crippen molar-refractivity contribution in [3.8, 4) is 0 Å². The number of hydrogen-bond acceptors (Lipinski definition) is 2. The molecule has 0 aromatic carbocycles. The highest BCUT2D eigenvalue weighted by atomic mass is 32.2. The Labute approximate surface area is 90.8 Å². The van der Waals surface area contributed by atoms with Gasteiger partial charge in [0.2, 0.25) is 0 Å². The average molecular weight is 238 g/mol. The third kappa shape index (κ3) is 2.49. The van der Waals surface area contributed by atoms with Crippen molar-refractivity contribution in [2.75, 3.05) is 0 Å². The second-order valence-corrected chi connectivity index (χ2v) is 5.92. The van der Waals surface area contributed by atoms with Gasteiger partial charge in [0.1, 0.15) is 11.7 Å². The molecule has 0 aliphatic carbocycles. The first-order valence-electron chi connectivity index (χ1n) is 5.21. The van der Waals surface area contributed by atoms with Crippen LogP contribution in [0, 0.1) is 5.92 Å². The van der Waals surface area contributed by atoms with E-state index in [9.17, 15) is 18.0 Å². The van der Waals surface area contributed by atoms with E-state index in [1.807, 2.05) is 0 Å². The zero-order chi connectivity index (χ0) is 11.1. The van der Waals surface area contributed by atoms with Crippen LogP contribution in [0.25, 0.3) is 0 Å². The van der Waals surface area contributed by atoms with Gasteiger partial charge in [-0.1, -0.05) is 6.42 Å². The van der Waals surface area contributed by atoms with Gasteiger partial charge in [-0.2, -0.15) is 24.9 Å². The van der Waals surface area contributed by atoms with E-state index in [1.165, 1.54) is 0 Å². The lowest BCUT2D eigenvalue weighted by molar-refractivity contribution is -0.182. The molecule has 2 rings (SSSR count). The minimum absolute atomic E-state index is 0.00347. The van der Waals surface area contributed by atoms with Gasteiger partial charge >= 0.3 is 6.18 Å². The number of Topliss-reactive ketones (excluding diaryl/α,β-unsaturated/α-hetero) is 1. The van der Waals surface area contributed by atoms with Crippen molar-refractivity contribution in [3.63, 3.8) is 0 Å². The molecule has 0 aromatic heterocycles. The summed E-state index contributed by atoms with van der Waals surface area (Å²) < 4.78 is 37.8. The minimum Gasteiger partial charge on any atom is -0.299 e. The predicted octanol–water partition coefficient (Wildman–Crippen LogP) is 3.18. The largest absolute Gasteiger partial charge is 0.398 e. The normalized spacial score (nSPS) is 37.5. The highest BCUT2D eigenvalue weighted by Crippen LogP contribution is 2.44. The molecule has 2 fully saturated rings. The van der Waals surface area contributed by atoms with E-state index in [2.05, 4.69) is 0 Å². The molecular weight excluding hydrogens is 225 g/mol. The van der Waals surface area contributed by atoms with Crippen LogP contribution in [0.15, 0.2) is 0 Å². The number of ketones is 1. The quantitative estimate of drug-likeness (QED) is 0.644. The smallest absolute Gasteiger partial charge is 0.299 e. The number of alkyl halides is 3. The van der Waals surface area contributed by atoms with E-state index in [0.29, 0.717) is 0 Å². The minimum atomic E-state index is -4.34. The monoisotopic (exact) mass is 238 g/mol. The lowest BCUT2D eigenvalue weighted by Crippen LogP contribution is -2.31. The maximum Gasteiger partial charge on any atom is 0.398 e. The summed E-state index contributed by atoms with van der Waals surface area (Å²) >= 11 is 1.60. The van der Waals surface area contributed by atoms with Crippen LogP contribution in [-0.4, -0.2) is 22.5 Å². The molecule has 0 amide bonds. The summed E-state index contributed by atoms with van der Waals surface area (Å²) in [6.45, 7) is 0. The number of carbonyl (C=O) groups is 1. The lowest BCUT2D eigenvalue weighted by Gasteiger charge is -2.25. The van der Waals surface area contributed by atoms with Crippen LogP contribution in [0.1, 0.15) is 32.1 Å². The van der Waals surface area contributed by atoms with Crippen molar-refractivity contribution in [2.45, 2.75) is 48.8 Å². The molecule has 1 nitrogen and oxygen atoms in total. The predicted molar refractivity (Wildman–Crippen MR) is 52.8 cm³/mol. The van der Waals surface area contributed by atoms with Crippen molar-refractivity contribution >= 4 is 17.5 Å². The molecule has 2 aliphatic heterocycles. The van der Waals surface area contributed by atoms with Crippen LogP contribution in [0.2, 0.25) is 0 Å². The number of hydrogen-bond donors (Lipinski definition) is 0. The van der Waals surface area contributed by atoms with Crippen LogP contribution < -0.4 is 0 Å². The number of rotatable bonds is 0. The van der Waals surface area contributed by atoms with Crippen LogP contribution in [0.3, 0.4) is 0 Å². The van der Waals surface area contributed by atoms with Crippen molar-refractivity contribution in [3.05, 3.63) is 0 Å². The second kappa shape index (κ2) is 4.00. The summed E-state index contributed by atoms with van der Waals surface area (Å²) in [6.07, 6.45) is -1.51. The number of halogens is 3. The zero-order valence-corrected chi connectivity index (χ0v) is 9.03. The Morgan fingerprint density at radius 1 is 1.20 bits per heavy atom. The fourth-order valence-corrected chi connectivity index (χ4v) is 4.10. The molecule has 2 aliphatic rings. The van der Waals surface area contributed by atoms with E-state index in [4.69, 9.17) is 0 Å². The fourth-order valence-electron chi connectivity index (χ4n) is 2.38. The summed E-state index contributed by atoms with van der Waals surface area (Å²) in [5, 5.41) is 0.186. The van der Waals surface area contributed by atoms with E-state index < -0.39 is 17.9 Å². The molecule has 3 unspecified atom stereocenters. The van der Waals surface area contributed by atoms with Gasteiger partial charge in [-0.05, 0) is 19.3 Å². The highest BCUT2D eigenvalue weighted by Gasteiger charge is 2.48. The van der Waals surface area contributed by atoms with Gasteiger partial charge in [0.05, 0.1) is 0 Å². The molecule has 0 saturated carbocycles. The Morgan fingerprint density at radius 2 is 1.87 bits per heavy atom. The molecule has 3 atom stereocenters. The molecule has 0 radical (unpaired) electrons. The standard InChI is InChI=1S/C10H13F3OS/c11-10(12,13)8-4-6-2-1-3-7(15-6)5-9(8)14/h6-8H,1-5H2. The van der Waals surface area contributed by atoms with Crippen LogP contribution >= 0.6 is 11.8 Å². The summed E-state index contributed by atoms with van der Waals surface area (Å²) in [7, 11) is 0. The Hall–Kier alpha value is -0.190. The molecule has 86 valence electrons. The Morgan fingerprint density at radius 3 is 2.53 bits per heavy atom. The molecule has 2 bridgehead atoms.